The standard InChI is InChI=1S/C59H64O14/c1-41(60)69-53-51(40-64-34-44-21-11-5-12-22-44)72-59(57(55(53)70-42(2)61)67-37-48-29-31-49(62-3)32-30-48)73-52-50(39-63-33-43-19-9-4-10-20-43)71-58(68-38-47-27-17-8-18-28-47)56(66-36-46-25-15-7-16-26-46)54(52)65-35-45-23-13-6-14-24-45/h4-32,50-59H,33-40H2,1-3H3/t50-,51-,52-,53+,54+,55+,56-,57-,58+,59+/m1/s1. The minimum Gasteiger partial charge on any atom is -0.497 e. The predicted molar refractivity (Wildman–Crippen MR) is 268 cm³/mol. The van der Waals surface area contributed by atoms with Crippen molar-refractivity contribution >= 4 is 11.9 Å². The van der Waals surface area contributed by atoms with Crippen molar-refractivity contribution in [2.75, 3.05) is 20.3 Å². The summed E-state index contributed by atoms with van der Waals surface area (Å²) in [4.78, 5) is 26.2. The Balaban J connectivity index is 1.20. The van der Waals surface area contributed by atoms with E-state index in [1.54, 1.807) is 7.11 Å². The van der Waals surface area contributed by atoms with Crippen LogP contribution in [0.25, 0.3) is 0 Å². The van der Waals surface area contributed by atoms with Crippen LogP contribution in [0.3, 0.4) is 0 Å². The minimum atomic E-state index is -1.34. The van der Waals surface area contributed by atoms with Crippen LogP contribution in [-0.4, -0.2) is 93.7 Å². The summed E-state index contributed by atoms with van der Waals surface area (Å²) >= 11 is 0. The predicted octanol–water partition coefficient (Wildman–Crippen LogP) is 9.10. The molecule has 10 atom stereocenters. The summed E-state index contributed by atoms with van der Waals surface area (Å²) in [6, 6.07) is 56.2. The van der Waals surface area contributed by atoms with E-state index in [4.69, 9.17) is 56.8 Å². The second-order valence-corrected chi connectivity index (χ2v) is 17.8. The van der Waals surface area contributed by atoms with Gasteiger partial charge < -0.3 is 56.8 Å². The lowest BCUT2D eigenvalue weighted by Gasteiger charge is -2.49. The van der Waals surface area contributed by atoms with Crippen molar-refractivity contribution in [2.24, 2.45) is 0 Å². The van der Waals surface area contributed by atoms with Crippen molar-refractivity contribution in [3.8, 4) is 5.75 Å². The average Bonchev–Trinajstić information content (AvgIpc) is 3.42. The number of hydrogen-bond donors (Lipinski definition) is 0. The molecule has 2 aliphatic heterocycles. The largest absolute Gasteiger partial charge is 0.497 e. The molecule has 0 bridgehead atoms. The molecule has 0 aromatic heterocycles. The highest BCUT2D eigenvalue weighted by Crippen LogP contribution is 2.37. The monoisotopic (exact) mass is 996 g/mol. The summed E-state index contributed by atoms with van der Waals surface area (Å²) in [5.41, 5.74) is 5.38. The Morgan fingerprint density at radius 3 is 1.18 bits per heavy atom. The fourth-order valence-corrected chi connectivity index (χ4v) is 8.72. The number of carbonyl (C=O) groups is 2. The van der Waals surface area contributed by atoms with Gasteiger partial charge in [-0.1, -0.05) is 164 Å². The van der Waals surface area contributed by atoms with E-state index < -0.39 is 73.4 Å². The molecule has 0 saturated carbocycles. The summed E-state index contributed by atoms with van der Waals surface area (Å²) in [6.45, 7) is 3.51. The quantitative estimate of drug-likeness (QED) is 0.0503. The van der Waals surface area contributed by atoms with E-state index >= 15 is 0 Å². The maximum Gasteiger partial charge on any atom is 0.303 e. The Morgan fingerprint density at radius 1 is 0.384 bits per heavy atom. The number of hydrogen-bond acceptors (Lipinski definition) is 14. The van der Waals surface area contributed by atoms with E-state index in [2.05, 4.69) is 0 Å². The second kappa shape index (κ2) is 27.7. The first kappa shape index (κ1) is 53.0. The molecule has 0 amide bonds. The number of rotatable bonds is 25. The summed E-state index contributed by atoms with van der Waals surface area (Å²) in [6.07, 6.45) is -10.8. The molecule has 2 heterocycles. The molecule has 2 aliphatic rings. The van der Waals surface area contributed by atoms with Crippen molar-refractivity contribution in [2.45, 2.75) is 115 Å². The molecule has 8 rings (SSSR count). The van der Waals surface area contributed by atoms with Gasteiger partial charge in [0.15, 0.2) is 24.8 Å². The zero-order valence-corrected chi connectivity index (χ0v) is 41.4. The van der Waals surface area contributed by atoms with Gasteiger partial charge in [0.2, 0.25) is 0 Å². The Morgan fingerprint density at radius 2 is 0.740 bits per heavy atom. The SMILES string of the molecule is COc1ccc(CO[C@H]2[C@H](O[C@H]3[C@H](OCc4ccccc4)[C@@H](OCc4ccccc4)[C@@H](OCc4ccccc4)O[C@@H]3COCc3ccccc3)O[C@H](COCc3ccccc3)[C@H](OC(C)=O)[C@@H]2OC(C)=O)cc1. The Hall–Kier alpha value is -6.30. The fraction of sp³-hybridized carbons (Fsp3) is 0.356. The summed E-state index contributed by atoms with van der Waals surface area (Å²) in [7, 11) is 1.59. The lowest BCUT2D eigenvalue weighted by Crippen LogP contribution is -2.66. The maximum atomic E-state index is 13.2. The van der Waals surface area contributed by atoms with Crippen LogP contribution in [0.2, 0.25) is 0 Å². The molecule has 73 heavy (non-hydrogen) atoms. The lowest BCUT2D eigenvalue weighted by atomic mass is 9.95. The van der Waals surface area contributed by atoms with Crippen molar-refractivity contribution in [3.05, 3.63) is 209 Å². The zero-order chi connectivity index (χ0) is 50.6. The Kier molecular flexibility index (Phi) is 20.1. The first-order chi connectivity index (χ1) is 35.8. The van der Waals surface area contributed by atoms with Crippen LogP contribution in [0.15, 0.2) is 176 Å². The van der Waals surface area contributed by atoms with Crippen molar-refractivity contribution in [1.82, 2.24) is 0 Å². The van der Waals surface area contributed by atoms with Crippen LogP contribution in [0.4, 0.5) is 0 Å². The number of esters is 2. The van der Waals surface area contributed by atoms with E-state index in [1.165, 1.54) is 13.8 Å². The highest BCUT2D eigenvalue weighted by atomic mass is 16.8. The third kappa shape index (κ3) is 15.8. The summed E-state index contributed by atoms with van der Waals surface area (Å²) < 4.78 is 78.9. The molecule has 14 nitrogen and oxygen atoms in total. The molecule has 384 valence electrons. The first-order valence-electron chi connectivity index (χ1n) is 24.5. The van der Waals surface area contributed by atoms with E-state index in [0.717, 1.165) is 33.4 Å². The number of benzene rings is 6. The Bertz CT molecular complexity index is 2520. The van der Waals surface area contributed by atoms with Gasteiger partial charge in [-0.3, -0.25) is 9.59 Å². The number of methoxy groups -OCH3 is 1. The van der Waals surface area contributed by atoms with E-state index in [9.17, 15) is 9.59 Å². The minimum absolute atomic E-state index is 0.00847. The normalized spacial score (nSPS) is 23.8. The third-order valence-corrected chi connectivity index (χ3v) is 12.3. The molecule has 14 heteroatoms. The molecule has 0 N–H and O–H groups in total. The fourth-order valence-electron chi connectivity index (χ4n) is 8.72. The zero-order valence-electron chi connectivity index (χ0n) is 41.4. The molecule has 2 saturated heterocycles. The van der Waals surface area contributed by atoms with Gasteiger partial charge in [-0.2, -0.15) is 0 Å². The van der Waals surface area contributed by atoms with Crippen molar-refractivity contribution in [3.63, 3.8) is 0 Å². The molecule has 0 aliphatic carbocycles. The van der Waals surface area contributed by atoms with Crippen LogP contribution in [0, 0.1) is 0 Å². The van der Waals surface area contributed by atoms with Gasteiger partial charge in [0, 0.05) is 13.8 Å². The molecular weight excluding hydrogens is 933 g/mol. The summed E-state index contributed by atoms with van der Waals surface area (Å²) in [5.74, 6) is -0.612. The lowest BCUT2D eigenvalue weighted by molar-refractivity contribution is -0.374. The van der Waals surface area contributed by atoms with Gasteiger partial charge >= 0.3 is 11.9 Å². The molecule has 6 aromatic rings. The van der Waals surface area contributed by atoms with Crippen LogP contribution in [-0.2, 0) is 101 Å². The number of ether oxygens (including phenoxy) is 12. The van der Waals surface area contributed by atoms with Gasteiger partial charge in [0.05, 0.1) is 60.0 Å². The molecule has 0 radical (unpaired) electrons. The van der Waals surface area contributed by atoms with Crippen molar-refractivity contribution < 1.29 is 66.4 Å². The average molecular weight is 997 g/mol. The van der Waals surface area contributed by atoms with Gasteiger partial charge in [0.25, 0.3) is 0 Å². The molecule has 0 spiro atoms. The van der Waals surface area contributed by atoms with Crippen LogP contribution in [0.1, 0.15) is 47.2 Å². The third-order valence-electron chi connectivity index (χ3n) is 12.3. The van der Waals surface area contributed by atoms with Gasteiger partial charge in [-0.25, -0.2) is 0 Å². The number of carbonyl (C=O) groups excluding carboxylic acids is 2. The first-order valence-corrected chi connectivity index (χ1v) is 24.5. The van der Waals surface area contributed by atoms with Gasteiger partial charge in [-0.15, -0.1) is 0 Å². The highest BCUT2D eigenvalue weighted by Gasteiger charge is 2.56. The maximum absolute atomic E-state index is 13.2. The molecule has 2 fully saturated rings. The van der Waals surface area contributed by atoms with E-state index in [-0.39, 0.29) is 52.9 Å². The topological polar surface area (TPSA) is 145 Å². The van der Waals surface area contributed by atoms with Crippen LogP contribution < -0.4 is 4.74 Å². The van der Waals surface area contributed by atoms with Crippen LogP contribution in [0.5, 0.6) is 5.75 Å². The molecule has 0 unspecified atom stereocenters. The second-order valence-electron chi connectivity index (χ2n) is 17.8. The van der Waals surface area contributed by atoms with E-state index in [1.807, 2.05) is 176 Å². The van der Waals surface area contributed by atoms with Crippen molar-refractivity contribution in [1.29, 1.82) is 0 Å². The molecule has 6 aromatic carbocycles. The van der Waals surface area contributed by atoms with Gasteiger partial charge in [-0.05, 0) is 45.5 Å². The smallest absolute Gasteiger partial charge is 0.303 e. The summed E-state index contributed by atoms with van der Waals surface area (Å²) in [5, 5.41) is 0. The van der Waals surface area contributed by atoms with E-state index in [0.29, 0.717) is 5.75 Å². The molecular formula is C59H64O14. The van der Waals surface area contributed by atoms with Gasteiger partial charge in [0.1, 0.15) is 42.4 Å². The Labute approximate surface area is 427 Å². The highest BCUT2D eigenvalue weighted by molar-refractivity contribution is 5.67. The van der Waals surface area contributed by atoms with Crippen LogP contribution >= 0.6 is 0 Å².